The molecule has 122 valence electrons. The van der Waals surface area contributed by atoms with Crippen LogP contribution in [0.4, 0.5) is 5.69 Å². The number of hydrogen-bond donors (Lipinski definition) is 1. The molecule has 4 rings (SSSR count). The second kappa shape index (κ2) is 5.78. The highest BCUT2D eigenvalue weighted by Gasteiger charge is 2.26. The summed E-state index contributed by atoms with van der Waals surface area (Å²) in [6.07, 6.45) is 6.87. The first-order valence-corrected chi connectivity index (χ1v) is 9.45. The van der Waals surface area contributed by atoms with Crippen LogP contribution in [0.25, 0.3) is 10.2 Å². The maximum Gasteiger partial charge on any atom is 0.266 e. The van der Waals surface area contributed by atoms with E-state index in [1.165, 1.54) is 41.9 Å². The lowest BCUT2D eigenvalue weighted by Gasteiger charge is -2.30. The number of rotatable bonds is 1. The average Bonchev–Trinajstić information content (AvgIpc) is 2.88. The molecule has 2 aliphatic rings. The van der Waals surface area contributed by atoms with Crippen molar-refractivity contribution in [1.82, 2.24) is 9.88 Å². The summed E-state index contributed by atoms with van der Waals surface area (Å²) in [4.78, 5) is 21.3. The third kappa shape index (κ3) is 2.61. The number of anilines is 1. The van der Waals surface area contributed by atoms with Crippen LogP contribution in [0.5, 0.6) is 0 Å². The number of pyridine rings is 1. The first-order chi connectivity index (χ1) is 11.1. The molecule has 0 bridgehead atoms. The van der Waals surface area contributed by atoms with E-state index < -0.39 is 0 Å². The van der Waals surface area contributed by atoms with Gasteiger partial charge in [-0.25, -0.2) is 4.98 Å². The van der Waals surface area contributed by atoms with Gasteiger partial charge < -0.3 is 10.6 Å². The largest absolute Gasteiger partial charge is 0.397 e. The molecule has 3 heterocycles. The van der Waals surface area contributed by atoms with Gasteiger partial charge in [-0.15, -0.1) is 11.3 Å². The Labute approximate surface area is 140 Å². The van der Waals surface area contributed by atoms with Gasteiger partial charge in [0.2, 0.25) is 0 Å². The molecule has 5 heteroatoms. The molecule has 2 aromatic rings. The van der Waals surface area contributed by atoms with Gasteiger partial charge in [-0.05, 0) is 56.1 Å². The fourth-order valence-electron chi connectivity index (χ4n) is 3.84. The summed E-state index contributed by atoms with van der Waals surface area (Å²) in [6, 6.07) is 2.18. The summed E-state index contributed by atoms with van der Waals surface area (Å²) < 4.78 is 0. The topological polar surface area (TPSA) is 59.2 Å². The van der Waals surface area contributed by atoms with Crippen LogP contribution in [-0.2, 0) is 12.8 Å². The predicted molar refractivity (Wildman–Crippen MR) is 95.0 cm³/mol. The van der Waals surface area contributed by atoms with Gasteiger partial charge in [-0.3, -0.25) is 4.79 Å². The number of carbonyl (C=O) groups is 1. The van der Waals surface area contributed by atoms with Gasteiger partial charge >= 0.3 is 0 Å². The van der Waals surface area contributed by atoms with Gasteiger partial charge in [0.1, 0.15) is 9.71 Å². The first-order valence-electron chi connectivity index (χ1n) is 8.63. The Kier molecular flexibility index (Phi) is 3.76. The molecule has 0 saturated carbocycles. The van der Waals surface area contributed by atoms with Gasteiger partial charge in [0.15, 0.2) is 0 Å². The van der Waals surface area contributed by atoms with Crippen molar-refractivity contribution >= 4 is 33.1 Å². The monoisotopic (exact) mass is 329 g/mol. The van der Waals surface area contributed by atoms with Gasteiger partial charge in [-0.2, -0.15) is 0 Å². The van der Waals surface area contributed by atoms with Crippen molar-refractivity contribution in [1.29, 1.82) is 0 Å². The summed E-state index contributed by atoms with van der Waals surface area (Å²) >= 11 is 1.47. The number of hydrogen-bond acceptors (Lipinski definition) is 4. The minimum atomic E-state index is 0.0926. The van der Waals surface area contributed by atoms with Crippen LogP contribution in [0.15, 0.2) is 6.07 Å². The Morgan fingerprint density at radius 2 is 2.17 bits per heavy atom. The minimum Gasteiger partial charge on any atom is -0.397 e. The van der Waals surface area contributed by atoms with Crippen molar-refractivity contribution < 1.29 is 4.79 Å². The van der Waals surface area contributed by atoms with Crippen molar-refractivity contribution in [2.75, 3.05) is 18.8 Å². The minimum absolute atomic E-state index is 0.0926. The van der Waals surface area contributed by atoms with Crippen molar-refractivity contribution in [3.05, 3.63) is 22.2 Å². The van der Waals surface area contributed by atoms with Gasteiger partial charge in [0.25, 0.3) is 5.91 Å². The SMILES string of the molecule is CC1CCCN(C(=O)c2sc3nc4c(cc3c2N)CCCC4)C1. The molecular weight excluding hydrogens is 306 g/mol. The van der Waals surface area contributed by atoms with E-state index in [0.29, 0.717) is 16.5 Å². The Morgan fingerprint density at radius 3 is 3.00 bits per heavy atom. The van der Waals surface area contributed by atoms with Gasteiger partial charge in [0, 0.05) is 24.2 Å². The molecule has 1 fully saturated rings. The van der Waals surface area contributed by atoms with Gasteiger partial charge in [0.05, 0.1) is 5.69 Å². The number of nitrogens with zero attached hydrogens (tertiary/aromatic N) is 2. The van der Waals surface area contributed by atoms with Crippen LogP contribution in [0.3, 0.4) is 0 Å². The average molecular weight is 329 g/mol. The molecule has 1 amide bonds. The number of carbonyl (C=O) groups excluding carboxylic acids is 1. The van der Waals surface area contributed by atoms with Crippen LogP contribution >= 0.6 is 11.3 Å². The van der Waals surface area contributed by atoms with E-state index in [-0.39, 0.29) is 5.91 Å². The van der Waals surface area contributed by atoms with Crippen molar-refractivity contribution in [3.63, 3.8) is 0 Å². The summed E-state index contributed by atoms with van der Waals surface area (Å²) in [7, 11) is 0. The standard InChI is InChI=1S/C18H23N3OS/c1-11-5-4-8-21(10-11)18(22)16-15(19)13-9-12-6-2-3-7-14(12)20-17(13)23-16/h9,11H,2-8,10,19H2,1H3. The number of aryl methyl sites for hydroxylation is 2. The normalized spacial score (nSPS) is 21.4. The van der Waals surface area contributed by atoms with E-state index in [0.717, 1.165) is 42.6 Å². The summed E-state index contributed by atoms with van der Waals surface area (Å²) in [5.41, 5.74) is 9.49. The molecule has 2 N–H and O–H groups in total. The molecule has 23 heavy (non-hydrogen) atoms. The second-order valence-electron chi connectivity index (χ2n) is 7.00. The van der Waals surface area contributed by atoms with Crippen molar-refractivity contribution in [2.24, 2.45) is 5.92 Å². The van der Waals surface area contributed by atoms with E-state index in [4.69, 9.17) is 10.7 Å². The molecule has 4 nitrogen and oxygen atoms in total. The summed E-state index contributed by atoms with van der Waals surface area (Å²) in [5, 5.41) is 0.976. The van der Waals surface area contributed by atoms with Crippen LogP contribution in [-0.4, -0.2) is 28.9 Å². The van der Waals surface area contributed by atoms with Crippen LogP contribution in [0.2, 0.25) is 0 Å². The molecule has 0 spiro atoms. The first kappa shape index (κ1) is 14.9. The Bertz CT molecular complexity index is 767. The van der Waals surface area contributed by atoms with E-state index in [1.54, 1.807) is 0 Å². The molecule has 2 aromatic heterocycles. The van der Waals surface area contributed by atoms with Crippen LogP contribution in [0.1, 0.15) is 53.5 Å². The molecule has 0 aromatic carbocycles. The zero-order valence-corrected chi connectivity index (χ0v) is 14.4. The Morgan fingerprint density at radius 1 is 1.35 bits per heavy atom. The molecule has 1 atom stereocenters. The Balaban J connectivity index is 1.72. The molecule has 1 saturated heterocycles. The third-order valence-corrected chi connectivity index (χ3v) is 6.24. The number of piperidine rings is 1. The number of fused-ring (bicyclic) bond motifs is 2. The highest BCUT2D eigenvalue weighted by atomic mass is 32.1. The maximum atomic E-state index is 12.9. The van der Waals surface area contributed by atoms with Crippen LogP contribution in [0, 0.1) is 5.92 Å². The van der Waals surface area contributed by atoms with Crippen LogP contribution < -0.4 is 5.73 Å². The summed E-state index contributed by atoms with van der Waals surface area (Å²) in [6.45, 7) is 3.90. The number of aromatic nitrogens is 1. The number of thiophene rings is 1. The number of nitrogens with two attached hydrogens (primary N) is 1. The van der Waals surface area contributed by atoms with E-state index in [2.05, 4.69) is 13.0 Å². The second-order valence-corrected chi connectivity index (χ2v) is 8.00. The fourth-order valence-corrected chi connectivity index (χ4v) is 4.90. The molecular formula is C18H23N3OS. The highest BCUT2D eigenvalue weighted by Crippen LogP contribution is 2.36. The quantitative estimate of drug-likeness (QED) is 0.869. The summed E-state index contributed by atoms with van der Waals surface area (Å²) in [5.74, 6) is 0.670. The number of likely N-dealkylation sites (tertiary alicyclic amines) is 1. The zero-order chi connectivity index (χ0) is 16.0. The molecule has 0 radical (unpaired) electrons. The van der Waals surface area contributed by atoms with Crippen molar-refractivity contribution in [3.8, 4) is 0 Å². The Hall–Kier alpha value is -1.62. The van der Waals surface area contributed by atoms with Gasteiger partial charge in [-0.1, -0.05) is 6.92 Å². The van der Waals surface area contributed by atoms with E-state index in [1.807, 2.05) is 4.90 Å². The maximum absolute atomic E-state index is 12.9. The zero-order valence-electron chi connectivity index (χ0n) is 13.6. The lowest BCUT2D eigenvalue weighted by molar-refractivity contribution is 0.0689. The van der Waals surface area contributed by atoms with E-state index >= 15 is 0 Å². The fraction of sp³-hybridized carbons (Fsp3) is 0.556. The number of amides is 1. The predicted octanol–water partition coefficient (Wildman–Crippen LogP) is 3.63. The van der Waals surface area contributed by atoms with E-state index in [9.17, 15) is 4.79 Å². The van der Waals surface area contributed by atoms with Crippen molar-refractivity contribution in [2.45, 2.75) is 45.4 Å². The molecule has 1 aliphatic carbocycles. The lowest BCUT2D eigenvalue weighted by Crippen LogP contribution is -2.38. The third-order valence-electron chi connectivity index (χ3n) is 5.14. The smallest absolute Gasteiger partial charge is 0.266 e. The lowest BCUT2D eigenvalue weighted by atomic mass is 9.95. The highest BCUT2D eigenvalue weighted by molar-refractivity contribution is 7.21. The molecule has 1 aliphatic heterocycles. The molecule has 1 unspecified atom stereocenters. The number of nitrogen functional groups attached to an aromatic ring is 1.